The highest BCUT2D eigenvalue weighted by molar-refractivity contribution is 5.98. The second-order valence-corrected chi connectivity index (χ2v) is 6.99. The second kappa shape index (κ2) is 7.68. The van der Waals surface area contributed by atoms with Gasteiger partial charge in [-0.05, 0) is 45.2 Å². The number of anilines is 1. The number of nitrogens with one attached hydrogen (secondary N) is 1. The SMILES string of the molecule is Cc1cc(C)c(NC(=O)N2CCC[C@@H](C(=O)c3ccccc3)C2)c(C)n1. The number of hydrogen-bond donors (Lipinski definition) is 1. The third-order valence-electron chi connectivity index (χ3n) is 4.90. The van der Waals surface area contributed by atoms with Crippen LogP contribution in [0.1, 0.15) is 40.2 Å². The molecule has 0 unspecified atom stereocenters. The fourth-order valence-electron chi connectivity index (χ4n) is 3.61. The lowest BCUT2D eigenvalue weighted by Gasteiger charge is -2.32. The Bertz CT molecular complexity index is 794. The fourth-order valence-corrected chi connectivity index (χ4v) is 3.61. The zero-order valence-electron chi connectivity index (χ0n) is 15.6. The summed E-state index contributed by atoms with van der Waals surface area (Å²) < 4.78 is 0. The molecule has 1 atom stereocenters. The minimum Gasteiger partial charge on any atom is -0.324 e. The third kappa shape index (κ3) is 3.93. The van der Waals surface area contributed by atoms with Gasteiger partial charge in [0.05, 0.1) is 11.4 Å². The molecule has 1 aromatic heterocycles. The molecule has 2 heterocycles. The maximum atomic E-state index is 12.7. The number of likely N-dealkylation sites (tertiary alicyclic amines) is 1. The molecule has 0 aliphatic carbocycles. The summed E-state index contributed by atoms with van der Waals surface area (Å²) in [6.07, 6.45) is 1.66. The number of piperidine rings is 1. The highest BCUT2D eigenvalue weighted by atomic mass is 16.2. The minimum absolute atomic E-state index is 0.118. The van der Waals surface area contributed by atoms with Crippen LogP contribution >= 0.6 is 0 Å². The van der Waals surface area contributed by atoms with Gasteiger partial charge in [0.2, 0.25) is 0 Å². The summed E-state index contributed by atoms with van der Waals surface area (Å²) >= 11 is 0. The maximum Gasteiger partial charge on any atom is 0.321 e. The van der Waals surface area contributed by atoms with Crippen molar-refractivity contribution in [3.63, 3.8) is 0 Å². The number of hydrogen-bond acceptors (Lipinski definition) is 3. The molecule has 1 saturated heterocycles. The largest absolute Gasteiger partial charge is 0.324 e. The van der Waals surface area contributed by atoms with Gasteiger partial charge < -0.3 is 10.2 Å². The van der Waals surface area contributed by atoms with Gasteiger partial charge in [0.25, 0.3) is 0 Å². The summed E-state index contributed by atoms with van der Waals surface area (Å²) in [7, 11) is 0. The Morgan fingerprint density at radius 3 is 2.58 bits per heavy atom. The van der Waals surface area contributed by atoms with Crippen molar-refractivity contribution in [2.75, 3.05) is 18.4 Å². The van der Waals surface area contributed by atoms with Crippen molar-refractivity contribution in [1.29, 1.82) is 0 Å². The zero-order valence-corrected chi connectivity index (χ0v) is 15.6. The van der Waals surface area contributed by atoms with Gasteiger partial charge in [0.15, 0.2) is 5.78 Å². The molecule has 1 aliphatic heterocycles. The Hall–Kier alpha value is -2.69. The Labute approximate surface area is 154 Å². The molecule has 1 aliphatic rings. The van der Waals surface area contributed by atoms with E-state index in [0.717, 1.165) is 35.5 Å². The van der Waals surface area contributed by atoms with Crippen molar-refractivity contribution >= 4 is 17.5 Å². The molecule has 2 amide bonds. The van der Waals surface area contributed by atoms with Crippen LogP contribution in [-0.4, -0.2) is 34.8 Å². The van der Waals surface area contributed by atoms with E-state index < -0.39 is 0 Å². The van der Waals surface area contributed by atoms with Gasteiger partial charge >= 0.3 is 6.03 Å². The van der Waals surface area contributed by atoms with E-state index in [2.05, 4.69) is 10.3 Å². The van der Waals surface area contributed by atoms with E-state index in [9.17, 15) is 9.59 Å². The molecule has 26 heavy (non-hydrogen) atoms. The highest BCUT2D eigenvalue weighted by Gasteiger charge is 2.29. The molecule has 1 N–H and O–H groups in total. The van der Waals surface area contributed by atoms with Crippen molar-refractivity contribution in [2.24, 2.45) is 5.92 Å². The van der Waals surface area contributed by atoms with Gasteiger partial charge in [0, 0.05) is 30.3 Å². The second-order valence-electron chi connectivity index (χ2n) is 6.99. The number of rotatable bonds is 3. The van der Waals surface area contributed by atoms with Crippen molar-refractivity contribution in [1.82, 2.24) is 9.88 Å². The molecule has 0 radical (unpaired) electrons. The minimum atomic E-state index is -0.160. The quantitative estimate of drug-likeness (QED) is 0.846. The summed E-state index contributed by atoms with van der Waals surface area (Å²) in [4.78, 5) is 31.6. The lowest BCUT2D eigenvalue weighted by molar-refractivity contribution is 0.0851. The van der Waals surface area contributed by atoms with E-state index in [4.69, 9.17) is 0 Å². The number of Topliss-reactive ketones (excluding diaryl/α,β-unsaturated/α-hetero) is 1. The lowest BCUT2D eigenvalue weighted by Crippen LogP contribution is -2.44. The predicted octanol–water partition coefficient (Wildman–Crippen LogP) is 4.13. The van der Waals surface area contributed by atoms with Gasteiger partial charge in [-0.15, -0.1) is 0 Å². The standard InChI is InChI=1S/C21H25N3O2/c1-14-12-15(2)22-16(3)19(14)23-21(26)24-11-7-10-18(13-24)20(25)17-8-5-4-6-9-17/h4-6,8-9,12,18H,7,10-11,13H2,1-3H3,(H,23,26)/t18-/m1/s1. The molecule has 5 nitrogen and oxygen atoms in total. The normalized spacial score (nSPS) is 17.0. The van der Waals surface area contributed by atoms with Crippen LogP contribution in [0.25, 0.3) is 0 Å². The average molecular weight is 351 g/mol. The smallest absolute Gasteiger partial charge is 0.321 e. The number of urea groups is 1. The van der Waals surface area contributed by atoms with E-state index in [-0.39, 0.29) is 17.7 Å². The topological polar surface area (TPSA) is 62.3 Å². The predicted molar refractivity (Wildman–Crippen MR) is 103 cm³/mol. The van der Waals surface area contributed by atoms with E-state index in [0.29, 0.717) is 18.7 Å². The first kappa shape index (κ1) is 18.1. The van der Waals surface area contributed by atoms with Gasteiger partial charge in [-0.25, -0.2) is 4.79 Å². The summed E-state index contributed by atoms with van der Waals surface area (Å²) in [5, 5.41) is 2.99. The van der Waals surface area contributed by atoms with Crippen LogP contribution in [-0.2, 0) is 0 Å². The third-order valence-corrected chi connectivity index (χ3v) is 4.90. The molecule has 1 aromatic carbocycles. The molecular formula is C21H25N3O2. The van der Waals surface area contributed by atoms with Crippen LogP contribution in [0, 0.1) is 26.7 Å². The summed E-state index contributed by atoms with van der Waals surface area (Å²) in [5.74, 6) is -0.0253. The molecule has 136 valence electrons. The number of carbonyl (C=O) groups excluding carboxylic acids is 2. The van der Waals surface area contributed by atoms with Crippen LogP contribution in [0.15, 0.2) is 36.4 Å². The summed E-state index contributed by atoms with van der Waals surface area (Å²) in [6.45, 7) is 6.93. The first-order valence-corrected chi connectivity index (χ1v) is 9.05. The van der Waals surface area contributed by atoms with Crippen molar-refractivity contribution in [3.8, 4) is 0 Å². The molecule has 0 spiro atoms. The van der Waals surface area contributed by atoms with E-state index >= 15 is 0 Å². The maximum absolute atomic E-state index is 12.7. The molecule has 3 rings (SSSR count). The van der Waals surface area contributed by atoms with Crippen molar-refractivity contribution in [3.05, 3.63) is 58.9 Å². The van der Waals surface area contributed by atoms with Crippen LogP contribution in [0.2, 0.25) is 0 Å². The molecule has 2 aromatic rings. The lowest BCUT2D eigenvalue weighted by atomic mass is 9.90. The first-order valence-electron chi connectivity index (χ1n) is 9.05. The number of pyridine rings is 1. The Morgan fingerprint density at radius 1 is 1.15 bits per heavy atom. The van der Waals surface area contributed by atoms with Crippen LogP contribution in [0.4, 0.5) is 10.5 Å². The van der Waals surface area contributed by atoms with Gasteiger partial charge in [-0.1, -0.05) is 30.3 Å². The van der Waals surface area contributed by atoms with E-state index in [1.54, 1.807) is 4.90 Å². The van der Waals surface area contributed by atoms with Crippen molar-refractivity contribution in [2.45, 2.75) is 33.6 Å². The first-order chi connectivity index (χ1) is 12.5. The van der Waals surface area contributed by atoms with Gasteiger partial charge in [0.1, 0.15) is 0 Å². The average Bonchev–Trinajstić information content (AvgIpc) is 2.64. The van der Waals surface area contributed by atoms with E-state index in [1.807, 2.05) is 57.2 Å². The summed E-state index contributed by atoms with van der Waals surface area (Å²) in [6, 6.07) is 11.1. The molecule has 0 saturated carbocycles. The Balaban J connectivity index is 1.70. The number of ketones is 1. The number of nitrogens with zero attached hydrogens (tertiary/aromatic N) is 2. The molecule has 0 bridgehead atoms. The highest BCUT2D eigenvalue weighted by Crippen LogP contribution is 2.24. The van der Waals surface area contributed by atoms with Crippen LogP contribution in [0.5, 0.6) is 0 Å². The number of carbonyl (C=O) groups is 2. The fraction of sp³-hybridized carbons (Fsp3) is 0.381. The number of aromatic nitrogens is 1. The van der Waals surface area contributed by atoms with Crippen molar-refractivity contribution < 1.29 is 9.59 Å². The Kier molecular flexibility index (Phi) is 5.35. The Morgan fingerprint density at radius 2 is 1.88 bits per heavy atom. The molecular weight excluding hydrogens is 326 g/mol. The van der Waals surface area contributed by atoms with Gasteiger partial charge in [-0.2, -0.15) is 0 Å². The monoisotopic (exact) mass is 351 g/mol. The van der Waals surface area contributed by atoms with Gasteiger partial charge in [-0.3, -0.25) is 9.78 Å². The number of benzene rings is 1. The molecule has 1 fully saturated rings. The zero-order chi connectivity index (χ0) is 18.7. The molecule has 5 heteroatoms. The number of amides is 2. The summed E-state index contributed by atoms with van der Waals surface area (Å²) in [5.41, 5.74) is 4.22. The number of aryl methyl sites for hydroxylation is 3. The van der Waals surface area contributed by atoms with Crippen LogP contribution < -0.4 is 5.32 Å². The van der Waals surface area contributed by atoms with E-state index in [1.165, 1.54) is 0 Å². The van der Waals surface area contributed by atoms with Crippen LogP contribution in [0.3, 0.4) is 0 Å².